The SMILES string of the molecule is CCc1ccc(S(=O)(=O)C(CN2CCNCC2)c2ccncc2)cc1-c1cn[nH]c1. The number of hydrogen-bond donors (Lipinski definition) is 2. The molecule has 8 heteroatoms. The molecule has 1 aromatic carbocycles. The molecular weight excluding hydrogens is 398 g/mol. The molecule has 3 heterocycles. The lowest BCUT2D eigenvalue weighted by Crippen LogP contribution is -2.45. The Kier molecular flexibility index (Phi) is 6.26. The summed E-state index contributed by atoms with van der Waals surface area (Å²) in [5, 5.41) is 9.53. The maximum atomic E-state index is 13.8. The molecular formula is C22H27N5O2S. The maximum absolute atomic E-state index is 13.8. The molecule has 0 aliphatic carbocycles. The number of H-pyrrole nitrogens is 1. The van der Waals surface area contributed by atoms with Crippen LogP contribution in [-0.4, -0.2) is 61.2 Å². The molecule has 30 heavy (non-hydrogen) atoms. The fourth-order valence-electron chi connectivity index (χ4n) is 3.96. The van der Waals surface area contributed by atoms with Crippen molar-refractivity contribution in [3.63, 3.8) is 0 Å². The van der Waals surface area contributed by atoms with Gasteiger partial charge in [-0.25, -0.2) is 8.42 Å². The van der Waals surface area contributed by atoms with E-state index in [4.69, 9.17) is 0 Å². The number of rotatable bonds is 7. The van der Waals surface area contributed by atoms with Crippen molar-refractivity contribution in [1.82, 2.24) is 25.4 Å². The zero-order chi connectivity index (χ0) is 21.0. The van der Waals surface area contributed by atoms with Crippen LogP contribution in [0.3, 0.4) is 0 Å². The van der Waals surface area contributed by atoms with Crippen molar-refractivity contribution in [2.24, 2.45) is 0 Å². The van der Waals surface area contributed by atoms with Gasteiger partial charge in [0.1, 0.15) is 5.25 Å². The first kappa shape index (κ1) is 20.7. The van der Waals surface area contributed by atoms with Gasteiger partial charge in [-0.1, -0.05) is 13.0 Å². The van der Waals surface area contributed by atoms with Crippen LogP contribution in [0.1, 0.15) is 23.3 Å². The number of piperazine rings is 1. The second-order valence-electron chi connectivity index (χ2n) is 7.52. The number of nitrogens with zero attached hydrogens (tertiary/aromatic N) is 3. The van der Waals surface area contributed by atoms with E-state index in [2.05, 4.69) is 32.3 Å². The van der Waals surface area contributed by atoms with Gasteiger partial charge in [0, 0.05) is 56.9 Å². The number of aryl methyl sites for hydroxylation is 1. The summed E-state index contributed by atoms with van der Waals surface area (Å²) in [7, 11) is -3.61. The molecule has 1 unspecified atom stereocenters. The highest BCUT2D eigenvalue weighted by molar-refractivity contribution is 7.91. The lowest BCUT2D eigenvalue weighted by atomic mass is 10.0. The summed E-state index contributed by atoms with van der Waals surface area (Å²) in [5.41, 5.74) is 3.67. The average molecular weight is 426 g/mol. The fraction of sp³-hybridized carbons (Fsp3) is 0.364. The van der Waals surface area contributed by atoms with Crippen LogP contribution in [-0.2, 0) is 16.3 Å². The Morgan fingerprint density at radius 1 is 1.13 bits per heavy atom. The summed E-state index contributed by atoms with van der Waals surface area (Å²) in [6, 6.07) is 9.07. The largest absolute Gasteiger partial charge is 0.314 e. The van der Waals surface area contributed by atoms with Crippen molar-refractivity contribution in [1.29, 1.82) is 0 Å². The maximum Gasteiger partial charge on any atom is 0.186 e. The molecule has 0 spiro atoms. The summed E-state index contributed by atoms with van der Waals surface area (Å²) in [4.78, 5) is 6.63. The first-order chi connectivity index (χ1) is 14.6. The zero-order valence-corrected chi connectivity index (χ0v) is 17.9. The molecule has 2 aromatic heterocycles. The second kappa shape index (κ2) is 9.07. The Balaban J connectivity index is 1.75. The topological polar surface area (TPSA) is 91.0 Å². The van der Waals surface area contributed by atoms with Gasteiger partial charge >= 0.3 is 0 Å². The number of hydrogen-bond acceptors (Lipinski definition) is 6. The summed E-state index contributed by atoms with van der Waals surface area (Å²) in [6.45, 7) is 5.96. The van der Waals surface area contributed by atoms with Gasteiger partial charge in [-0.15, -0.1) is 0 Å². The van der Waals surface area contributed by atoms with Crippen LogP contribution in [0, 0.1) is 0 Å². The highest BCUT2D eigenvalue weighted by Crippen LogP contribution is 2.33. The third-order valence-electron chi connectivity index (χ3n) is 5.69. The van der Waals surface area contributed by atoms with Gasteiger partial charge in [0.05, 0.1) is 11.1 Å². The van der Waals surface area contributed by atoms with Crippen LogP contribution in [0.2, 0.25) is 0 Å². The molecule has 1 aliphatic rings. The Hall–Kier alpha value is -2.55. The van der Waals surface area contributed by atoms with Gasteiger partial charge in [0.25, 0.3) is 0 Å². The van der Waals surface area contributed by atoms with Crippen LogP contribution >= 0.6 is 0 Å². The molecule has 4 rings (SSSR count). The molecule has 1 atom stereocenters. The van der Waals surface area contributed by atoms with Gasteiger partial charge in [0.15, 0.2) is 9.84 Å². The van der Waals surface area contributed by atoms with Crippen molar-refractivity contribution in [2.45, 2.75) is 23.5 Å². The summed E-state index contributed by atoms with van der Waals surface area (Å²) >= 11 is 0. The predicted octanol–water partition coefficient (Wildman–Crippen LogP) is 2.45. The third-order valence-corrected chi connectivity index (χ3v) is 7.77. The number of nitrogens with one attached hydrogen (secondary N) is 2. The van der Waals surface area contributed by atoms with Gasteiger partial charge in [-0.2, -0.15) is 5.10 Å². The van der Waals surface area contributed by atoms with Gasteiger partial charge < -0.3 is 5.32 Å². The van der Waals surface area contributed by atoms with Crippen molar-refractivity contribution in [3.8, 4) is 11.1 Å². The van der Waals surface area contributed by atoms with E-state index >= 15 is 0 Å². The number of sulfone groups is 1. The smallest absolute Gasteiger partial charge is 0.186 e. The standard InChI is InChI=1S/C22H27N5O2S/c1-2-17-3-4-20(13-21(17)19-14-25-26-15-19)30(28,29)22(18-5-7-23-8-6-18)16-27-11-9-24-10-12-27/h3-8,13-15,22,24H,2,9-12,16H2,1H3,(H,25,26). The highest BCUT2D eigenvalue weighted by atomic mass is 32.2. The van der Waals surface area contributed by atoms with Crippen molar-refractivity contribution >= 4 is 9.84 Å². The van der Waals surface area contributed by atoms with E-state index in [9.17, 15) is 8.42 Å². The van der Waals surface area contributed by atoms with E-state index in [0.717, 1.165) is 54.9 Å². The molecule has 1 aliphatic heterocycles. The van der Waals surface area contributed by atoms with Crippen molar-refractivity contribution < 1.29 is 8.42 Å². The zero-order valence-electron chi connectivity index (χ0n) is 17.1. The molecule has 0 radical (unpaired) electrons. The molecule has 0 saturated carbocycles. The lowest BCUT2D eigenvalue weighted by Gasteiger charge is -2.31. The Morgan fingerprint density at radius 3 is 2.57 bits per heavy atom. The summed E-state index contributed by atoms with van der Waals surface area (Å²) < 4.78 is 27.7. The molecule has 158 valence electrons. The van der Waals surface area contributed by atoms with E-state index in [1.54, 1.807) is 36.9 Å². The minimum Gasteiger partial charge on any atom is -0.314 e. The highest BCUT2D eigenvalue weighted by Gasteiger charge is 2.32. The van der Waals surface area contributed by atoms with E-state index in [1.165, 1.54) is 0 Å². The molecule has 3 aromatic rings. The number of benzene rings is 1. The van der Waals surface area contributed by atoms with Crippen molar-refractivity contribution in [3.05, 3.63) is 66.2 Å². The minimum atomic E-state index is -3.61. The van der Waals surface area contributed by atoms with Crippen LogP contribution in [0.5, 0.6) is 0 Å². The minimum absolute atomic E-state index is 0.341. The molecule has 1 fully saturated rings. The molecule has 0 bridgehead atoms. The van der Waals surface area contributed by atoms with Crippen LogP contribution in [0.25, 0.3) is 11.1 Å². The summed E-state index contributed by atoms with van der Waals surface area (Å²) in [5.74, 6) is 0. The van der Waals surface area contributed by atoms with Crippen LogP contribution in [0.4, 0.5) is 0 Å². The van der Waals surface area contributed by atoms with Gasteiger partial charge in [0.2, 0.25) is 0 Å². The normalized spacial score (nSPS) is 16.4. The van der Waals surface area contributed by atoms with Crippen LogP contribution in [0.15, 0.2) is 60.0 Å². The first-order valence-electron chi connectivity index (χ1n) is 10.3. The molecule has 2 N–H and O–H groups in total. The van der Waals surface area contributed by atoms with E-state index in [-0.39, 0.29) is 0 Å². The predicted molar refractivity (Wildman–Crippen MR) is 117 cm³/mol. The van der Waals surface area contributed by atoms with E-state index in [0.29, 0.717) is 11.4 Å². The Bertz CT molecular complexity index is 1060. The quantitative estimate of drug-likeness (QED) is 0.604. The average Bonchev–Trinajstić information content (AvgIpc) is 3.33. The molecule has 7 nitrogen and oxygen atoms in total. The first-order valence-corrected chi connectivity index (χ1v) is 11.8. The second-order valence-corrected chi connectivity index (χ2v) is 9.65. The third kappa shape index (κ3) is 4.30. The molecule has 0 amide bonds. The number of aromatic nitrogens is 3. The Morgan fingerprint density at radius 2 is 1.90 bits per heavy atom. The lowest BCUT2D eigenvalue weighted by molar-refractivity contribution is 0.240. The number of pyridine rings is 1. The van der Waals surface area contributed by atoms with Gasteiger partial charge in [-0.05, 0) is 47.4 Å². The fourth-order valence-corrected chi connectivity index (χ4v) is 5.75. The van der Waals surface area contributed by atoms with E-state index in [1.807, 2.05) is 18.2 Å². The van der Waals surface area contributed by atoms with E-state index < -0.39 is 15.1 Å². The van der Waals surface area contributed by atoms with Crippen molar-refractivity contribution in [2.75, 3.05) is 32.7 Å². The summed E-state index contributed by atoms with van der Waals surface area (Å²) in [6.07, 6.45) is 7.66. The van der Waals surface area contributed by atoms with Gasteiger partial charge in [-0.3, -0.25) is 15.0 Å². The monoisotopic (exact) mass is 425 g/mol. The Labute approximate surface area is 177 Å². The molecule has 1 saturated heterocycles. The number of aromatic amines is 1. The van der Waals surface area contributed by atoms with Crippen LogP contribution < -0.4 is 5.32 Å².